The molecule has 1 aromatic rings. The van der Waals surface area contributed by atoms with E-state index in [2.05, 4.69) is 11.9 Å². The molecule has 0 aliphatic rings. The van der Waals surface area contributed by atoms with Gasteiger partial charge in [0.1, 0.15) is 0 Å². The second kappa shape index (κ2) is 4.09. The highest BCUT2D eigenvalue weighted by molar-refractivity contribution is 5.13. The van der Waals surface area contributed by atoms with Gasteiger partial charge in [-0.05, 0) is 18.1 Å². The first kappa shape index (κ1) is 8.21. The zero-order valence-corrected chi connectivity index (χ0v) is 6.71. The molecule has 59 valence electrons. The molecule has 2 heteroatoms. The van der Waals surface area contributed by atoms with Gasteiger partial charge in [0.05, 0.1) is 6.61 Å². The highest BCUT2D eigenvalue weighted by Gasteiger charge is 1.93. The molecular formula is C9H12NO. The molecule has 0 saturated heterocycles. The van der Waals surface area contributed by atoms with Crippen LogP contribution in [0.15, 0.2) is 18.3 Å². The van der Waals surface area contributed by atoms with Gasteiger partial charge in [0.2, 0.25) is 0 Å². The van der Waals surface area contributed by atoms with Crippen LogP contribution in [0, 0.1) is 0 Å². The Morgan fingerprint density at radius 3 is 2.73 bits per heavy atom. The van der Waals surface area contributed by atoms with Gasteiger partial charge in [-0.15, -0.1) is 0 Å². The number of hydrogen-bond acceptors (Lipinski definition) is 1. The third-order valence-electron chi connectivity index (χ3n) is 1.65. The van der Waals surface area contributed by atoms with Crippen LogP contribution in [0.5, 0.6) is 0 Å². The predicted molar refractivity (Wildman–Crippen MR) is 42.9 cm³/mol. The molecule has 0 N–H and O–H groups in total. The Kier molecular flexibility index (Phi) is 3.05. The molecule has 0 atom stereocenters. The fourth-order valence-electron chi connectivity index (χ4n) is 0.917. The Labute approximate surface area is 66.9 Å². The number of aryl methyl sites for hydroxylation is 1. The maximum absolute atomic E-state index is 10.2. The molecule has 1 heterocycles. The molecule has 0 saturated carbocycles. The zero-order chi connectivity index (χ0) is 8.10. The van der Waals surface area contributed by atoms with Crippen molar-refractivity contribution in [3.8, 4) is 0 Å². The minimum Gasteiger partial charge on any atom is -0.261 e. The van der Waals surface area contributed by atoms with Gasteiger partial charge in [0.25, 0.3) is 0 Å². The standard InChI is InChI=1S/C9H12NO/c1-2-8-3-4-9(5-6-11)10-7-8/h3-4,7H,2,5-6H2,1H3. The lowest BCUT2D eigenvalue weighted by atomic mass is 10.2. The lowest BCUT2D eigenvalue weighted by Crippen LogP contribution is -1.93. The van der Waals surface area contributed by atoms with Crippen molar-refractivity contribution in [1.29, 1.82) is 0 Å². The molecule has 0 bridgehead atoms. The molecule has 0 aliphatic heterocycles. The summed E-state index contributed by atoms with van der Waals surface area (Å²) in [5, 5.41) is 10.2. The van der Waals surface area contributed by atoms with Gasteiger partial charge in [-0.1, -0.05) is 13.0 Å². The van der Waals surface area contributed by atoms with E-state index in [1.807, 2.05) is 18.3 Å². The SMILES string of the molecule is CCc1ccc(CC[O])nc1. The normalized spacial score (nSPS) is 10.0. The van der Waals surface area contributed by atoms with E-state index in [1.165, 1.54) is 5.56 Å². The molecule has 0 aliphatic carbocycles. The summed E-state index contributed by atoms with van der Waals surface area (Å²) in [7, 11) is 0. The zero-order valence-electron chi connectivity index (χ0n) is 6.71. The first-order chi connectivity index (χ1) is 5.36. The molecule has 0 aromatic carbocycles. The van der Waals surface area contributed by atoms with Gasteiger partial charge in [0, 0.05) is 18.3 Å². The van der Waals surface area contributed by atoms with E-state index in [9.17, 15) is 5.11 Å². The highest BCUT2D eigenvalue weighted by Crippen LogP contribution is 2.00. The molecular weight excluding hydrogens is 138 g/mol. The fraction of sp³-hybridized carbons (Fsp3) is 0.444. The Morgan fingerprint density at radius 2 is 2.27 bits per heavy atom. The van der Waals surface area contributed by atoms with Crippen molar-refractivity contribution in [2.24, 2.45) is 0 Å². The molecule has 2 nitrogen and oxygen atoms in total. The Bertz CT molecular complexity index is 205. The van der Waals surface area contributed by atoms with Crippen LogP contribution in [-0.2, 0) is 17.9 Å². The monoisotopic (exact) mass is 150 g/mol. The van der Waals surface area contributed by atoms with E-state index in [4.69, 9.17) is 0 Å². The minimum absolute atomic E-state index is 0.0710. The van der Waals surface area contributed by atoms with E-state index in [0.29, 0.717) is 6.42 Å². The number of hydrogen-bond donors (Lipinski definition) is 0. The lowest BCUT2D eigenvalue weighted by Gasteiger charge is -1.97. The number of nitrogens with zero attached hydrogens (tertiary/aromatic N) is 1. The third kappa shape index (κ3) is 2.31. The average Bonchev–Trinajstić information content (AvgIpc) is 2.07. The summed E-state index contributed by atoms with van der Waals surface area (Å²) >= 11 is 0. The minimum atomic E-state index is -0.0710. The largest absolute Gasteiger partial charge is 0.261 e. The van der Waals surface area contributed by atoms with Crippen molar-refractivity contribution in [2.45, 2.75) is 19.8 Å². The van der Waals surface area contributed by atoms with Crippen LogP contribution >= 0.6 is 0 Å². The fourth-order valence-corrected chi connectivity index (χ4v) is 0.917. The second-order valence-electron chi connectivity index (χ2n) is 2.47. The van der Waals surface area contributed by atoms with Crippen molar-refractivity contribution < 1.29 is 5.11 Å². The van der Waals surface area contributed by atoms with Crippen LogP contribution in [-0.4, -0.2) is 11.6 Å². The maximum Gasteiger partial charge on any atom is 0.0877 e. The van der Waals surface area contributed by atoms with Gasteiger partial charge in [0.15, 0.2) is 0 Å². The van der Waals surface area contributed by atoms with Crippen molar-refractivity contribution >= 4 is 0 Å². The first-order valence-electron chi connectivity index (χ1n) is 3.88. The Balaban J connectivity index is 2.66. The molecule has 0 amide bonds. The molecule has 1 radical (unpaired) electrons. The topological polar surface area (TPSA) is 32.8 Å². The van der Waals surface area contributed by atoms with Gasteiger partial charge < -0.3 is 0 Å². The summed E-state index contributed by atoms with van der Waals surface area (Å²) < 4.78 is 0. The van der Waals surface area contributed by atoms with Crippen molar-refractivity contribution in [3.63, 3.8) is 0 Å². The van der Waals surface area contributed by atoms with Crippen LogP contribution in [0.1, 0.15) is 18.2 Å². The molecule has 0 unspecified atom stereocenters. The predicted octanol–water partition coefficient (Wildman–Crippen LogP) is 1.62. The summed E-state index contributed by atoms with van der Waals surface area (Å²) in [6.45, 7) is 2.02. The summed E-state index contributed by atoms with van der Waals surface area (Å²) in [4.78, 5) is 4.14. The first-order valence-corrected chi connectivity index (χ1v) is 3.88. The Hall–Kier alpha value is -0.890. The summed E-state index contributed by atoms with van der Waals surface area (Å²) in [5.41, 5.74) is 2.12. The Morgan fingerprint density at radius 1 is 1.45 bits per heavy atom. The smallest absolute Gasteiger partial charge is 0.0877 e. The maximum atomic E-state index is 10.2. The average molecular weight is 150 g/mol. The van der Waals surface area contributed by atoms with Gasteiger partial charge in [-0.3, -0.25) is 4.98 Å². The van der Waals surface area contributed by atoms with Crippen molar-refractivity contribution in [3.05, 3.63) is 29.6 Å². The van der Waals surface area contributed by atoms with E-state index < -0.39 is 0 Å². The van der Waals surface area contributed by atoms with Gasteiger partial charge in [-0.25, -0.2) is 5.11 Å². The van der Waals surface area contributed by atoms with Crippen molar-refractivity contribution in [2.75, 3.05) is 6.61 Å². The van der Waals surface area contributed by atoms with Gasteiger partial charge >= 0.3 is 0 Å². The summed E-state index contributed by atoms with van der Waals surface area (Å²) in [6.07, 6.45) is 3.39. The quantitative estimate of drug-likeness (QED) is 0.644. The van der Waals surface area contributed by atoms with E-state index in [0.717, 1.165) is 12.1 Å². The van der Waals surface area contributed by atoms with Crippen LogP contribution in [0.3, 0.4) is 0 Å². The van der Waals surface area contributed by atoms with Crippen LogP contribution in [0.2, 0.25) is 0 Å². The van der Waals surface area contributed by atoms with Crippen LogP contribution in [0.25, 0.3) is 0 Å². The van der Waals surface area contributed by atoms with E-state index in [1.54, 1.807) is 0 Å². The van der Waals surface area contributed by atoms with Crippen LogP contribution in [0.4, 0.5) is 0 Å². The molecule has 1 rings (SSSR count). The molecule has 11 heavy (non-hydrogen) atoms. The summed E-state index contributed by atoms with van der Waals surface area (Å²) in [5.74, 6) is 0. The number of rotatable bonds is 3. The van der Waals surface area contributed by atoms with E-state index >= 15 is 0 Å². The molecule has 1 aromatic heterocycles. The van der Waals surface area contributed by atoms with Crippen molar-refractivity contribution in [1.82, 2.24) is 4.98 Å². The molecule has 0 spiro atoms. The highest BCUT2D eigenvalue weighted by atomic mass is 16.3. The number of pyridine rings is 1. The van der Waals surface area contributed by atoms with E-state index in [-0.39, 0.29) is 6.61 Å². The van der Waals surface area contributed by atoms with Crippen LogP contribution < -0.4 is 0 Å². The molecule has 0 fully saturated rings. The van der Waals surface area contributed by atoms with Gasteiger partial charge in [-0.2, -0.15) is 0 Å². The third-order valence-corrected chi connectivity index (χ3v) is 1.65. The number of aromatic nitrogens is 1. The second-order valence-corrected chi connectivity index (χ2v) is 2.47. The summed E-state index contributed by atoms with van der Waals surface area (Å²) in [6, 6.07) is 3.95. The lowest BCUT2D eigenvalue weighted by molar-refractivity contribution is 0.196.